The van der Waals surface area contributed by atoms with Crippen LogP contribution in [0, 0.1) is 5.92 Å². The average Bonchev–Trinajstić information content (AvgIpc) is 2.37. The summed E-state index contributed by atoms with van der Waals surface area (Å²) in [5, 5.41) is 3.26. The van der Waals surface area contributed by atoms with Gasteiger partial charge in [-0.1, -0.05) is 20.8 Å². The van der Waals surface area contributed by atoms with Gasteiger partial charge in [-0.3, -0.25) is 14.5 Å². The maximum Gasteiger partial charge on any atom is 0.232 e. The molecule has 0 radical (unpaired) electrons. The Balaban J connectivity index is 2.27. The molecule has 4 nitrogen and oxygen atoms in total. The summed E-state index contributed by atoms with van der Waals surface area (Å²) in [5.41, 5.74) is 0. The van der Waals surface area contributed by atoms with Gasteiger partial charge in [-0.05, 0) is 13.0 Å². The number of hydrogen-bond donors (Lipinski definition) is 1. The van der Waals surface area contributed by atoms with E-state index < -0.39 is 0 Å². The second-order valence-corrected chi connectivity index (χ2v) is 4.45. The molecule has 0 aromatic carbocycles. The van der Waals surface area contributed by atoms with Crippen LogP contribution in [0.4, 0.5) is 0 Å². The third kappa shape index (κ3) is 3.30. The molecule has 0 spiro atoms. The highest BCUT2D eigenvalue weighted by molar-refractivity contribution is 6.03. The minimum Gasteiger partial charge on any atom is -0.314 e. The van der Waals surface area contributed by atoms with Crippen molar-refractivity contribution in [2.75, 3.05) is 13.1 Å². The van der Waals surface area contributed by atoms with E-state index in [1.807, 2.05) is 6.92 Å². The van der Waals surface area contributed by atoms with Gasteiger partial charge in [0.2, 0.25) is 11.8 Å². The van der Waals surface area contributed by atoms with E-state index in [-0.39, 0.29) is 17.7 Å². The number of amides is 2. The van der Waals surface area contributed by atoms with Crippen LogP contribution in [-0.2, 0) is 9.59 Å². The van der Waals surface area contributed by atoms with Crippen molar-refractivity contribution in [2.24, 2.45) is 5.92 Å². The molecular weight excluding hydrogens is 192 g/mol. The number of imide groups is 1. The van der Waals surface area contributed by atoms with Crippen molar-refractivity contribution < 1.29 is 9.59 Å². The van der Waals surface area contributed by atoms with Crippen molar-refractivity contribution in [3.8, 4) is 0 Å². The van der Waals surface area contributed by atoms with Crippen molar-refractivity contribution in [1.29, 1.82) is 0 Å². The highest BCUT2D eigenvalue weighted by Gasteiger charge is 2.34. The van der Waals surface area contributed by atoms with Gasteiger partial charge < -0.3 is 5.32 Å². The molecule has 1 saturated heterocycles. The third-order valence-electron chi connectivity index (χ3n) is 2.58. The lowest BCUT2D eigenvalue weighted by atomic mass is 10.1. The van der Waals surface area contributed by atoms with Gasteiger partial charge in [-0.15, -0.1) is 0 Å². The first-order chi connectivity index (χ1) is 7.02. The largest absolute Gasteiger partial charge is 0.314 e. The normalized spacial score (nSPS) is 21.9. The molecule has 1 aliphatic heterocycles. The fourth-order valence-corrected chi connectivity index (χ4v) is 1.71. The van der Waals surface area contributed by atoms with Gasteiger partial charge in [0, 0.05) is 24.9 Å². The van der Waals surface area contributed by atoms with Crippen molar-refractivity contribution in [3.63, 3.8) is 0 Å². The molecule has 1 fully saturated rings. The summed E-state index contributed by atoms with van der Waals surface area (Å²) in [4.78, 5) is 24.3. The quantitative estimate of drug-likeness (QED) is 0.541. The van der Waals surface area contributed by atoms with Crippen LogP contribution in [0.2, 0.25) is 0 Å². The van der Waals surface area contributed by atoms with Crippen LogP contribution in [0.1, 0.15) is 33.6 Å². The van der Waals surface area contributed by atoms with Crippen molar-refractivity contribution in [2.45, 2.75) is 39.7 Å². The predicted molar refractivity (Wildman–Crippen MR) is 58.3 cm³/mol. The molecule has 0 aromatic heterocycles. The SMILES string of the molecule is CC(C)NCCCN1C(=O)CC(C)C1=O. The molecular formula is C11H20N2O2. The van der Waals surface area contributed by atoms with Gasteiger partial charge in [0.15, 0.2) is 0 Å². The molecule has 1 rings (SSSR count). The first-order valence-electron chi connectivity index (χ1n) is 5.60. The van der Waals surface area contributed by atoms with E-state index in [0.717, 1.165) is 13.0 Å². The van der Waals surface area contributed by atoms with Gasteiger partial charge in [0.25, 0.3) is 0 Å². The fourth-order valence-electron chi connectivity index (χ4n) is 1.71. The topological polar surface area (TPSA) is 49.4 Å². The Hall–Kier alpha value is -0.900. The number of nitrogens with one attached hydrogen (secondary N) is 1. The van der Waals surface area contributed by atoms with Crippen LogP contribution in [0.3, 0.4) is 0 Å². The van der Waals surface area contributed by atoms with Crippen LogP contribution >= 0.6 is 0 Å². The fraction of sp³-hybridized carbons (Fsp3) is 0.818. The number of likely N-dealkylation sites (tertiary alicyclic amines) is 1. The number of hydrogen-bond acceptors (Lipinski definition) is 3. The van der Waals surface area contributed by atoms with Gasteiger partial charge in [0.1, 0.15) is 0 Å². The first-order valence-corrected chi connectivity index (χ1v) is 5.60. The Labute approximate surface area is 91.0 Å². The minimum absolute atomic E-state index is 0.00968. The van der Waals surface area contributed by atoms with Crippen molar-refractivity contribution in [3.05, 3.63) is 0 Å². The zero-order valence-electron chi connectivity index (χ0n) is 9.75. The molecule has 1 aliphatic rings. The standard InChI is InChI=1S/C11H20N2O2/c1-8(2)12-5-4-6-13-10(14)7-9(3)11(13)15/h8-9,12H,4-7H2,1-3H3. The van der Waals surface area contributed by atoms with E-state index >= 15 is 0 Å². The third-order valence-corrected chi connectivity index (χ3v) is 2.58. The number of nitrogens with zero attached hydrogens (tertiary/aromatic N) is 1. The maximum atomic E-state index is 11.5. The summed E-state index contributed by atoms with van der Waals surface area (Å²) in [6.45, 7) is 7.37. The monoisotopic (exact) mass is 212 g/mol. The maximum absolute atomic E-state index is 11.5. The lowest BCUT2D eigenvalue weighted by molar-refractivity contribution is -0.139. The van der Waals surface area contributed by atoms with Gasteiger partial charge in [-0.25, -0.2) is 0 Å². The predicted octanol–water partition coefficient (Wildman–Crippen LogP) is 0.769. The molecule has 1 atom stereocenters. The summed E-state index contributed by atoms with van der Waals surface area (Å²) < 4.78 is 0. The molecule has 1 unspecified atom stereocenters. The van der Waals surface area contributed by atoms with E-state index in [2.05, 4.69) is 19.2 Å². The summed E-state index contributed by atoms with van der Waals surface area (Å²) in [5.74, 6) is -0.142. The second-order valence-electron chi connectivity index (χ2n) is 4.45. The average molecular weight is 212 g/mol. The Morgan fingerprint density at radius 3 is 2.60 bits per heavy atom. The zero-order chi connectivity index (χ0) is 11.4. The van der Waals surface area contributed by atoms with Crippen LogP contribution < -0.4 is 5.32 Å². The van der Waals surface area contributed by atoms with Gasteiger partial charge in [-0.2, -0.15) is 0 Å². The summed E-state index contributed by atoms with van der Waals surface area (Å²) in [7, 11) is 0. The molecule has 15 heavy (non-hydrogen) atoms. The van der Waals surface area contributed by atoms with Crippen molar-refractivity contribution in [1.82, 2.24) is 10.2 Å². The molecule has 0 saturated carbocycles. The second kappa shape index (κ2) is 5.26. The number of carbonyl (C=O) groups excluding carboxylic acids is 2. The molecule has 0 aliphatic carbocycles. The molecule has 0 bridgehead atoms. The Bertz CT molecular complexity index is 251. The zero-order valence-corrected chi connectivity index (χ0v) is 9.75. The van der Waals surface area contributed by atoms with E-state index in [4.69, 9.17) is 0 Å². The van der Waals surface area contributed by atoms with Crippen LogP contribution in [0.15, 0.2) is 0 Å². The van der Waals surface area contributed by atoms with Crippen LogP contribution in [-0.4, -0.2) is 35.8 Å². The number of carbonyl (C=O) groups is 2. The molecule has 86 valence electrons. The Morgan fingerprint density at radius 2 is 2.13 bits per heavy atom. The lowest BCUT2D eigenvalue weighted by Crippen LogP contribution is -2.34. The molecule has 4 heteroatoms. The summed E-state index contributed by atoms with van der Waals surface area (Å²) in [6.07, 6.45) is 1.22. The van der Waals surface area contributed by atoms with E-state index in [1.165, 1.54) is 4.90 Å². The first kappa shape index (κ1) is 12.2. The van der Waals surface area contributed by atoms with Gasteiger partial charge in [0.05, 0.1) is 0 Å². The van der Waals surface area contributed by atoms with Crippen LogP contribution in [0.25, 0.3) is 0 Å². The van der Waals surface area contributed by atoms with E-state index in [0.29, 0.717) is 19.0 Å². The van der Waals surface area contributed by atoms with Gasteiger partial charge >= 0.3 is 0 Å². The van der Waals surface area contributed by atoms with Crippen molar-refractivity contribution >= 4 is 11.8 Å². The lowest BCUT2D eigenvalue weighted by Gasteiger charge is -2.15. The molecule has 1 heterocycles. The molecule has 0 aromatic rings. The van der Waals surface area contributed by atoms with E-state index in [1.54, 1.807) is 0 Å². The Kier molecular flexibility index (Phi) is 4.27. The minimum atomic E-state index is -0.115. The highest BCUT2D eigenvalue weighted by Crippen LogP contribution is 2.18. The van der Waals surface area contributed by atoms with Crippen LogP contribution in [0.5, 0.6) is 0 Å². The smallest absolute Gasteiger partial charge is 0.232 e. The molecule has 1 N–H and O–H groups in total. The Morgan fingerprint density at radius 1 is 1.47 bits per heavy atom. The summed E-state index contributed by atoms with van der Waals surface area (Å²) in [6, 6.07) is 0.453. The molecule has 2 amide bonds. The van der Waals surface area contributed by atoms with E-state index in [9.17, 15) is 9.59 Å². The number of rotatable bonds is 5. The summed E-state index contributed by atoms with van der Waals surface area (Å²) >= 11 is 0. The highest BCUT2D eigenvalue weighted by atomic mass is 16.2.